The van der Waals surface area contributed by atoms with E-state index in [-0.39, 0.29) is 5.75 Å². The normalized spacial score (nSPS) is 20.1. The summed E-state index contributed by atoms with van der Waals surface area (Å²) in [6.07, 6.45) is 6.84. The molecular formula is C21H24N4O2. The molecule has 1 saturated heterocycles. The molecule has 0 bridgehead atoms. The van der Waals surface area contributed by atoms with Crippen molar-refractivity contribution in [2.45, 2.75) is 37.6 Å². The fourth-order valence-corrected chi connectivity index (χ4v) is 4.22. The van der Waals surface area contributed by atoms with E-state index in [4.69, 9.17) is 4.74 Å². The molecule has 1 saturated carbocycles. The summed E-state index contributed by atoms with van der Waals surface area (Å²) < 4.78 is 7.49. The van der Waals surface area contributed by atoms with Gasteiger partial charge >= 0.3 is 0 Å². The molecule has 2 fully saturated rings. The number of hydrogen-bond acceptors (Lipinski definition) is 5. The number of ether oxygens (including phenoxy) is 1. The number of nitrogens with zero attached hydrogens (tertiary/aromatic N) is 3. The van der Waals surface area contributed by atoms with Crippen LogP contribution in [-0.2, 0) is 0 Å². The lowest BCUT2D eigenvalue weighted by atomic mass is 9.99. The van der Waals surface area contributed by atoms with Gasteiger partial charge in [-0.15, -0.1) is 10.2 Å². The molecule has 5 rings (SSSR count). The highest BCUT2D eigenvalue weighted by Crippen LogP contribution is 2.48. The summed E-state index contributed by atoms with van der Waals surface area (Å²) in [5.74, 6) is 1.31. The van der Waals surface area contributed by atoms with Crippen LogP contribution in [-0.4, -0.2) is 40.1 Å². The molecule has 1 aliphatic heterocycles. The minimum atomic E-state index is 0.181. The Morgan fingerprint density at radius 3 is 2.78 bits per heavy atom. The first-order chi connectivity index (χ1) is 13.3. The van der Waals surface area contributed by atoms with Crippen LogP contribution in [0.3, 0.4) is 0 Å². The van der Waals surface area contributed by atoms with E-state index in [2.05, 4.69) is 32.3 Å². The number of rotatable bonds is 4. The number of piperidine rings is 1. The second kappa shape index (κ2) is 6.53. The number of aromatic hydroxyl groups is 1. The molecule has 3 heterocycles. The van der Waals surface area contributed by atoms with Crippen molar-refractivity contribution in [1.29, 1.82) is 0 Å². The molecule has 2 N–H and O–H groups in total. The standard InChI is InChI=1S/C21H24N4O2/c1-27-15-6-7-16(18(26)11-15)20-19(13-4-5-13)17-8-10-25(21(17)24-23-20)14-3-2-9-22-12-14/h6-8,10-11,13-14,22,26H,2-5,9,12H2,1H3/t14-/m1/s1. The average Bonchev–Trinajstić information content (AvgIpc) is 3.46. The minimum absolute atomic E-state index is 0.181. The third-order valence-electron chi connectivity index (χ3n) is 5.79. The van der Waals surface area contributed by atoms with E-state index in [0.29, 0.717) is 17.7 Å². The summed E-state index contributed by atoms with van der Waals surface area (Å²) in [6.45, 7) is 2.07. The Morgan fingerprint density at radius 1 is 1.19 bits per heavy atom. The Kier molecular flexibility index (Phi) is 4.01. The first-order valence-corrected chi connectivity index (χ1v) is 9.71. The maximum atomic E-state index is 10.5. The molecule has 6 nitrogen and oxygen atoms in total. The van der Waals surface area contributed by atoms with Gasteiger partial charge in [0.05, 0.1) is 7.11 Å². The quantitative estimate of drug-likeness (QED) is 0.740. The van der Waals surface area contributed by atoms with Gasteiger partial charge in [0.2, 0.25) is 0 Å². The molecule has 140 valence electrons. The second-order valence-electron chi connectivity index (χ2n) is 7.58. The van der Waals surface area contributed by atoms with Crippen molar-refractivity contribution in [3.05, 3.63) is 36.0 Å². The smallest absolute Gasteiger partial charge is 0.163 e. The van der Waals surface area contributed by atoms with Crippen LogP contribution in [0, 0.1) is 0 Å². The number of aromatic nitrogens is 3. The molecule has 1 aromatic carbocycles. The minimum Gasteiger partial charge on any atom is -0.507 e. The Balaban J connectivity index is 1.65. The third-order valence-corrected chi connectivity index (χ3v) is 5.79. The Hall–Kier alpha value is -2.60. The van der Waals surface area contributed by atoms with Crippen molar-refractivity contribution in [3.63, 3.8) is 0 Å². The van der Waals surface area contributed by atoms with Crippen molar-refractivity contribution in [3.8, 4) is 22.8 Å². The highest BCUT2D eigenvalue weighted by molar-refractivity contribution is 5.88. The third kappa shape index (κ3) is 2.84. The monoisotopic (exact) mass is 364 g/mol. The first-order valence-electron chi connectivity index (χ1n) is 9.71. The van der Waals surface area contributed by atoms with E-state index in [0.717, 1.165) is 36.4 Å². The van der Waals surface area contributed by atoms with Gasteiger partial charge in [0.25, 0.3) is 0 Å². The van der Waals surface area contributed by atoms with Crippen LogP contribution in [0.1, 0.15) is 43.2 Å². The topological polar surface area (TPSA) is 72.2 Å². The summed E-state index contributed by atoms with van der Waals surface area (Å²) in [5.41, 5.74) is 3.70. The average molecular weight is 364 g/mol. The van der Waals surface area contributed by atoms with E-state index >= 15 is 0 Å². The lowest BCUT2D eigenvalue weighted by Gasteiger charge is -2.24. The van der Waals surface area contributed by atoms with Gasteiger partial charge in [0.1, 0.15) is 17.2 Å². The van der Waals surface area contributed by atoms with Crippen LogP contribution in [0.4, 0.5) is 0 Å². The van der Waals surface area contributed by atoms with E-state index in [1.165, 1.54) is 30.2 Å². The zero-order valence-corrected chi connectivity index (χ0v) is 15.5. The molecule has 0 unspecified atom stereocenters. The molecule has 2 aromatic heterocycles. The Labute approximate surface area is 158 Å². The highest BCUT2D eigenvalue weighted by Gasteiger charge is 2.32. The van der Waals surface area contributed by atoms with Crippen LogP contribution in [0.25, 0.3) is 22.3 Å². The summed E-state index contributed by atoms with van der Waals surface area (Å²) in [5, 5.41) is 24.4. The van der Waals surface area contributed by atoms with E-state index in [1.54, 1.807) is 13.2 Å². The molecule has 0 radical (unpaired) electrons. The number of methoxy groups -OCH3 is 1. The van der Waals surface area contributed by atoms with Crippen LogP contribution in [0.2, 0.25) is 0 Å². The molecule has 27 heavy (non-hydrogen) atoms. The number of phenolic OH excluding ortho intramolecular Hbond substituents is 1. The predicted octanol–water partition coefficient (Wildman–Crippen LogP) is 3.61. The first kappa shape index (κ1) is 16.6. The van der Waals surface area contributed by atoms with Gasteiger partial charge in [-0.1, -0.05) is 0 Å². The van der Waals surface area contributed by atoms with Crippen LogP contribution < -0.4 is 10.1 Å². The Bertz CT molecular complexity index is 987. The zero-order valence-electron chi connectivity index (χ0n) is 15.5. The number of benzene rings is 1. The number of fused-ring (bicyclic) bond motifs is 1. The van der Waals surface area contributed by atoms with Gasteiger partial charge in [-0.3, -0.25) is 0 Å². The van der Waals surface area contributed by atoms with Gasteiger partial charge < -0.3 is 19.7 Å². The van der Waals surface area contributed by atoms with E-state index in [1.807, 2.05) is 12.1 Å². The summed E-state index contributed by atoms with van der Waals surface area (Å²) >= 11 is 0. The van der Waals surface area contributed by atoms with Crippen molar-refractivity contribution in [1.82, 2.24) is 20.1 Å². The van der Waals surface area contributed by atoms with Crippen molar-refractivity contribution < 1.29 is 9.84 Å². The maximum absolute atomic E-state index is 10.5. The van der Waals surface area contributed by atoms with Gasteiger partial charge in [-0.05, 0) is 61.9 Å². The molecule has 0 spiro atoms. The van der Waals surface area contributed by atoms with Gasteiger partial charge in [-0.2, -0.15) is 0 Å². The summed E-state index contributed by atoms with van der Waals surface area (Å²) in [4.78, 5) is 0. The molecule has 1 aliphatic carbocycles. The van der Waals surface area contributed by atoms with Crippen molar-refractivity contribution >= 4 is 11.0 Å². The summed E-state index contributed by atoms with van der Waals surface area (Å²) in [7, 11) is 1.60. The molecule has 3 aromatic rings. The molecule has 1 atom stereocenters. The summed E-state index contributed by atoms with van der Waals surface area (Å²) in [6, 6.07) is 7.97. The molecular weight excluding hydrogens is 340 g/mol. The molecule has 2 aliphatic rings. The number of phenols is 1. The Morgan fingerprint density at radius 2 is 2.07 bits per heavy atom. The number of hydrogen-bond donors (Lipinski definition) is 2. The number of nitrogens with one attached hydrogen (secondary N) is 1. The fourth-order valence-electron chi connectivity index (χ4n) is 4.22. The van der Waals surface area contributed by atoms with Crippen LogP contribution in [0.15, 0.2) is 30.5 Å². The fraction of sp³-hybridized carbons (Fsp3) is 0.429. The lowest BCUT2D eigenvalue weighted by Crippen LogP contribution is -2.31. The largest absolute Gasteiger partial charge is 0.507 e. The van der Waals surface area contributed by atoms with Gasteiger partial charge in [0.15, 0.2) is 5.65 Å². The molecule has 6 heteroatoms. The zero-order chi connectivity index (χ0) is 18.4. The lowest BCUT2D eigenvalue weighted by molar-refractivity contribution is 0.377. The SMILES string of the molecule is COc1ccc(-c2nnc3c(ccn3[C@@H]3CCCNC3)c2C2CC2)c(O)c1. The highest BCUT2D eigenvalue weighted by atomic mass is 16.5. The van der Waals surface area contributed by atoms with Crippen molar-refractivity contribution in [2.24, 2.45) is 0 Å². The second-order valence-corrected chi connectivity index (χ2v) is 7.58. The van der Waals surface area contributed by atoms with Crippen LogP contribution >= 0.6 is 0 Å². The van der Waals surface area contributed by atoms with Gasteiger partial charge in [0, 0.05) is 35.8 Å². The van der Waals surface area contributed by atoms with Gasteiger partial charge in [-0.25, -0.2) is 0 Å². The predicted molar refractivity (Wildman–Crippen MR) is 104 cm³/mol. The van der Waals surface area contributed by atoms with E-state index in [9.17, 15) is 5.11 Å². The van der Waals surface area contributed by atoms with Crippen LogP contribution in [0.5, 0.6) is 11.5 Å². The van der Waals surface area contributed by atoms with E-state index < -0.39 is 0 Å². The maximum Gasteiger partial charge on any atom is 0.163 e. The van der Waals surface area contributed by atoms with Crippen molar-refractivity contribution in [2.75, 3.05) is 20.2 Å². The molecule has 0 amide bonds.